The fourth-order valence-corrected chi connectivity index (χ4v) is 1.85. The van der Waals surface area contributed by atoms with Gasteiger partial charge in [0.1, 0.15) is 5.82 Å². The van der Waals surface area contributed by atoms with Crippen molar-refractivity contribution < 1.29 is 9.60 Å². The molecule has 0 heterocycles. The van der Waals surface area contributed by atoms with E-state index in [1.54, 1.807) is 26.0 Å². The summed E-state index contributed by atoms with van der Waals surface area (Å²) in [6.45, 7) is 8.40. The van der Waals surface area contributed by atoms with E-state index in [4.69, 9.17) is 5.21 Å². The summed E-state index contributed by atoms with van der Waals surface area (Å²) in [5, 5.41) is 12.1. The second kappa shape index (κ2) is 8.67. The Kier molecular flexibility index (Phi) is 7.23. The zero-order valence-corrected chi connectivity index (χ0v) is 13.5. The first-order valence-electron chi connectivity index (χ1n) is 7.65. The van der Waals surface area contributed by atoms with Crippen LogP contribution in [-0.4, -0.2) is 11.8 Å². The standard InChI is InChI=1S/C13H17FN2O.C4H10/c1-8-5-11(6-9(2)13(8)14)15-7-12(16-17)10-3-4-10;1-3-4-2/h5-6,15-17H,3-4,7H2,1-2H3;3-4H2,1-2H3. The number of hydrogen-bond acceptors (Lipinski definition) is 3. The van der Waals surface area contributed by atoms with Gasteiger partial charge in [-0.05, 0) is 55.5 Å². The fraction of sp³-hybridized carbons (Fsp3) is 0.529. The molecule has 1 aromatic carbocycles. The van der Waals surface area contributed by atoms with Gasteiger partial charge in [0, 0.05) is 5.69 Å². The molecule has 1 fully saturated rings. The lowest BCUT2D eigenvalue weighted by atomic mass is 10.1. The third kappa shape index (κ3) is 5.76. The molecule has 0 aliphatic heterocycles. The molecule has 0 radical (unpaired) electrons. The summed E-state index contributed by atoms with van der Waals surface area (Å²) in [5.41, 5.74) is 6.42. The van der Waals surface area contributed by atoms with Crippen molar-refractivity contribution in [3.63, 3.8) is 0 Å². The Labute approximate surface area is 127 Å². The van der Waals surface area contributed by atoms with Crippen LogP contribution >= 0.6 is 0 Å². The molecule has 0 amide bonds. The van der Waals surface area contributed by atoms with Gasteiger partial charge in [-0.2, -0.15) is 0 Å². The summed E-state index contributed by atoms with van der Waals surface area (Å²) in [7, 11) is 0. The number of unbranched alkanes of at least 4 members (excludes halogenated alkanes) is 1. The number of hydroxylamine groups is 1. The van der Waals surface area contributed by atoms with E-state index in [9.17, 15) is 4.39 Å². The van der Waals surface area contributed by atoms with Gasteiger partial charge in [-0.1, -0.05) is 26.7 Å². The molecule has 1 aliphatic rings. The SMILES string of the molecule is CCCC.Cc1cc(NCC(NO)=C2CC2)cc(C)c1F. The molecule has 0 atom stereocenters. The zero-order valence-electron chi connectivity index (χ0n) is 13.5. The Bertz CT molecular complexity index is 467. The Morgan fingerprint density at radius 1 is 1.14 bits per heavy atom. The minimum absolute atomic E-state index is 0.156. The molecule has 0 spiro atoms. The van der Waals surface area contributed by atoms with Crippen molar-refractivity contribution in [3.05, 3.63) is 40.3 Å². The third-order valence-corrected chi connectivity index (χ3v) is 3.47. The van der Waals surface area contributed by atoms with Gasteiger partial charge in [-0.15, -0.1) is 0 Å². The minimum Gasteiger partial charge on any atom is -0.379 e. The van der Waals surface area contributed by atoms with Gasteiger partial charge in [0.2, 0.25) is 0 Å². The monoisotopic (exact) mass is 294 g/mol. The van der Waals surface area contributed by atoms with Crippen LogP contribution in [0.1, 0.15) is 50.7 Å². The zero-order chi connectivity index (χ0) is 15.8. The predicted octanol–water partition coefficient (Wildman–Crippen LogP) is 4.69. The number of aryl methyl sites for hydroxylation is 2. The highest BCUT2D eigenvalue weighted by molar-refractivity contribution is 5.50. The van der Waals surface area contributed by atoms with Gasteiger partial charge in [-0.25, -0.2) is 4.39 Å². The van der Waals surface area contributed by atoms with E-state index in [2.05, 4.69) is 24.6 Å². The van der Waals surface area contributed by atoms with Crippen LogP contribution in [0.25, 0.3) is 0 Å². The molecule has 1 saturated carbocycles. The Morgan fingerprint density at radius 2 is 1.67 bits per heavy atom. The van der Waals surface area contributed by atoms with Crippen LogP contribution in [0, 0.1) is 19.7 Å². The first-order valence-corrected chi connectivity index (χ1v) is 7.65. The van der Waals surface area contributed by atoms with Crippen molar-refractivity contribution in [2.24, 2.45) is 0 Å². The fourth-order valence-electron chi connectivity index (χ4n) is 1.85. The predicted molar refractivity (Wildman–Crippen MR) is 86.1 cm³/mol. The maximum absolute atomic E-state index is 13.4. The molecule has 0 aromatic heterocycles. The van der Waals surface area contributed by atoms with E-state index in [0.717, 1.165) is 24.2 Å². The Morgan fingerprint density at radius 3 is 2.05 bits per heavy atom. The minimum atomic E-state index is -0.156. The van der Waals surface area contributed by atoms with E-state index in [-0.39, 0.29) is 5.82 Å². The number of halogens is 1. The third-order valence-electron chi connectivity index (χ3n) is 3.47. The lowest BCUT2D eigenvalue weighted by Gasteiger charge is -2.11. The van der Waals surface area contributed by atoms with Crippen molar-refractivity contribution >= 4 is 5.69 Å². The highest BCUT2D eigenvalue weighted by Crippen LogP contribution is 2.30. The van der Waals surface area contributed by atoms with Crippen molar-refractivity contribution in [1.29, 1.82) is 0 Å². The van der Waals surface area contributed by atoms with E-state index in [1.807, 2.05) is 0 Å². The van der Waals surface area contributed by atoms with Crippen LogP contribution in [-0.2, 0) is 0 Å². The molecule has 1 aromatic rings. The van der Waals surface area contributed by atoms with E-state index in [1.165, 1.54) is 18.4 Å². The smallest absolute Gasteiger partial charge is 0.129 e. The normalized spacial score (nSPS) is 12.4. The first kappa shape index (κ1) is 17.5. The number of rotatable bonds is 5. The molecule has 1 aliphatic carbocycles. The summed E-state index contributed by atoms with van der Waals surface area (Å²) < 4.78 is 13.4. The van der Waals surface area contributed by atoms with Crippen molar-refractivity contribution in [2.45, 2.75) is 53.4 Å². The highest BCUT2D eigenvalue weighted by atomic mass is 19.1. The van der Waals surface area contributed by atoms with Crippen LogP contribution in [0.2, 0.25) is 0 Å². The number of allylic oxidation sites excluding steroid dienone is 1. The molecule has 4 heteroatoms. The molecule has 118 valence electrons. The van der Waals surface area contributed by atoms with Gasteiger partial charge in [0.25, 0.3) is 0 Å². The van der Waals surface area contributed by atoms with Crippen molar-refractivity contribution in [2.75, 3.05) is 11.9 Å². The second-order valence-electron chi connectivity index (χ2n) is 5.47. The summed E-state index contributed by atoms with van der Waals surface area (Å²) >= 11 is 0. The maximum atomic E-state index is 13.4. The van der Waals surface area contributed by atoms with E-state index >= 15 is 0 Å². The number of hydrogen-bond donors (Lipinski definition) is 3. The molecule has 0 bridgehead atoms. The number of nitrogens with one attached hydrogen (secondary N) is 2. The first-order chi connectivity index (χ1) is 10.0. The number of benzene rings is 1. The molecule has 21 heavy (non-hydrogen) atoms. The van der Waals surface area contributed by atoms with Crippen molar-refractivity contribution in [3.8, 4) is 0 Å². The molecular formula is C17H27FN2O. The largest absolute Gasteiger partial charge is 0.379 e. The van der Waals surface area contributed by atoms with E-state index in [0.29, 0.717) is 17.7 Å². The van der Waals surface area contributed by atoms with Gasteiger partial charge in [0.05, 0.1) is 12.2 Å². The van der Waals surface area contributed by atoms with Crippen molar-refractivity contribution in [1.82, 2.24) is 5.48 Å². The molecule has 2 rings (SSSR count). The van der Waals surface area contributed by atoms with E-state index < -0.39 is 0 Å². The average Bonchev–Trinajstić information content (AvgIpc) is 3.30. The lowest BCUT2D eigenvalue weighted by molar-refractivity contribution is 0.199. The van der Waals surface area contributed by atoms with Crippen LogP contribution < -0.4 is 10.8 Å². The highest BCUT2D eigenvalue weighted by Gasteiger charge is 2.17. The molecule has 3 nitrogen and oxygen atoms in total. The van der Waals surface area contributed by atoms with Crippen LogP contribution in [0.4, 0.5) is 10.1 Å². The summed E-state index contributed by atoms with van der Waals surface area (Å²) in [6, 6.07) is 3.55. The molecule has 0 saturated heterocycles. The van der Waals surface area contributed by atoms with Gasteiger partial charge >= 0.3 is 0 Å². The molecular weight excluding hydrogens is 267 g/mol. The second-order valence-corrected chi connectivity index (χ2v) is 5.47. The van der Waals surface area contributed by atoms with Crippen LogP contribution in [0.15, 0.2) is 23.4 Å². The van der Waals surface area contributed by atoms with Gasteiger partial charge in [-0.3, -0.25) is 10.7 Å². The topological polar surface area (TPSA) is 44.3 Å². The summed E-state index contributed by atoms with van der Waals surface area (Å²) in [5.74, 6) is -0.156. The van der Waals surface area contributed by atoms with Crippen LogP contribution in [0.3, 0.4) is 0 Å². The Hall–Kier alpha value is -1.55. The van der Waals surface area contributed by atoms with Gasteiger partial charge in [0.15, 0.2) is 0 Å². The summed E-state index contributed by atoms with van der Waals surface area (Å²) in [6.07, 6.45) is 4.73. The number of anilines is 1. The Balaban J connectivity index is 0.000000491. The molecule has 0 unspecified atom stereocenters. The molecule has 3 N–H and O–H groups in total. The lowest BCUT2D eigenvalue weighted by Crippen LogP contribution is -2.16. The van der Waals surface area contributed by atoms with Crippen LogP contribution in [0.5, 0.6) is 0 Å². The van der Waals surface area contributed by atoms with Gasteiger partial charge < -0.3 is 5.32 Å². The summed E-state index contributed by atoms with van der Waals surface area (Å²) in [4.78, 5) is 0. The average molecular weight is 294 g/mol. The quantitative estimate of drug-likeness (QED) is 0.690. The maximum Gasteiger partial charge on any atom is 0.129 e.